The van der Waals surface area contributed by atoms with E-state index in [9.17, 15) is 14.0 Å². The molecule has 1 aliphatic rings. The van der Waals surface area contributed by atoms with Gasteiger partial charge in [0.2, 0.25) is 0 Å². The number of hydroxylamine groups is 2. The molecule has 0 saturated carbocycles. The monoisotopic (exact) mass is 512 g/mol. The summed E-state index contributed by atoms with van der Waals surface area (Å²) < 4.78 is 26.5. The smallest absolute Gasteiger partial charge is 0.457 e. The molecule has 1 atom stereocenters. The van der Waals surface area contributed by atoms with Gasteiger partial charge in [0.25, 0.3) is 5.91 Å². The number of halogens is 1. The number of aromatic nitrogens is 2. The van der Waals surface area contributed by atoms with E-state index >= 15 is 0 Å². The number of amides is 1. The maximum Gasteiger partial charge on any atom is 0.528 e. The number of benzene rings is 2. The van der Waals surface area contributed by atoms with Crippen LogP contribution in [0.2, 0.25) is 0 Å². The van der Waals surface area contributed by atoms with Crippen LogP contribution in [0.5, 0.6) is 11.5 Å². The van der Waals surface area contributed by atoms with Crippen molar-refractivity contribution in [3.05, 3.63) is 54.0 Å². The van der Waals surface area contributed by atoms with Gasteiger partial charge < -0.3 is 19.6 Å². The average molecular weight is 513 g/mol. The normalized spacial score (nSPS) is 16.2. The molecule has 1 fully saturated rings. The van der Waals surface area contributed by atoms with Crippen LogP contribution in [-0.4, -0.2) is 51.6 Å². The summed E-state index contributed by atoms with van der Waals surface area (Å²) in [4.78, 5) is 30.7. The lowest BCUT2D eigenvalue weighted by Crippen LogP contribution is -2.38. The summed E-state index contributed by atoms with van der Waals surface area (Å²) in [6, 6.07) is 8.90. The Balaban J connectivity index is 1.53. The minimum absolute atomic E-state index is 0.245. The molecule has 3 aromatic rings. The highest BCUT2D eigenvalue weighted by atomic mass is 19.1. The highest BCUT2D eigenvalue weighted by molar-refractivity contribution is 6.01. The second-order valence-electron chi connectivity index (χ2n) is 10.6. The van der Waals surface area contributed by atoms with Gasteiger partial charge in [-0.1, -0.05) is 13.8 Å². The summed E-state index contributed by atoms with van der Waals surface area (Å²) in [5.74, 6) is 0.392. The number of rotatable bonds is 7. The molecule has 1 unspecified atom stereocenters. The molecule has 0 bridgehead atoms. The summed E-state index contributed by atoms with van der Waals surface area (Å²) in [7, 11) is 0. The minimum atomic E-state index is -0.779. The van der Waals surface area contributed by atoms with Gasteiger partial charge in [-0.15, -0.1) is 5.06 Å². The van der Waals surface area contributed by atoms with Gasteiger partial charge in [0.05, 0.1) is 23.8 Å². The topological polar surface area (TPSA) is 94.9 Å². The zero-order valence-corrected chi connectivity index (χ0v) is 21.8. The Kier molecular flexibility index (Phi) is 7.68. The summed E-state index contributed by atoms with van der Waals surface area (Å²) in [5.41, 5.74) is 0.479. The van der Waals surface area contributed by atoms with Crippen LogP contribution in [0, 0.1) is 11.7 Å². The Morgan fingerprint density at radius 1 is 1.19 bits per heavy atom. The maximum absolute atomic E-state index is 13.4. The zero-order valence-electron chi connectivity index (χ0n) is 21.8. The van der Waals surface area contributed by atoms with Crippen LogP contribution in [0.1, 0.15) is 51.4 Å². The summed E-state index contributed by atoms with van der Waals surface area (Å²) in [6.45, 7) is 11.0. The van der Waals surface area contributed by atoms with E-state index in [2.05, 4.69) is 24.3 Å². The molecule has 9 nitrogen and oxygen atoms in total. The molecule has 2 heterocycles. The van der Waals surface area contributed by atoms with E-state index in [-0.39, 0.29) is 17.8 Å². The summed E-state index contributed by atoms with van der Waals surface area (Å²) in [6.07, 6.45) is 1.55. The molecule has 1 aromatic heterocycles. The Labute approximate surface area is 215 Å². The van der Waals surface area contributed by atoms with Crippen molar-refractivity contribution in [1.82, 2.24) is 20.2 Å². The van der Waals surface area contributed by atoms with Crippen molar-refractivity contribution < 1.29 is 28.3 Å². The number of hydrogen-bond donors (Lipinski definition) is 1. The molecule has 2 aromatic carbocycles. The molecule has 0 spiro atoms. The standard InChI is InChI=1S/C27H33FN4O5/c1-17(2)15-32-23-13-22(24(12-18(23)14-29-32)35-21-8-6-19(28)7-9-21)25(33)30-20-10-11-31(16-20)37-26(34)36-27(3,4)5/h6-9,12-14,17,20H,10-11,15-16H2,1-5H3,(H,30,33). The molecule has 1 amide bonds. The van der Waals surface area contributed by atoms with Gasteiger partial charge in [-0.3, -0.25) is 9.48 Å². The van der Waals surface area contributed by atoms with Gasteiger partial charge in [-0.05, 0) is 69.5 Å². The molecule has 4 rings (SSSR count). The van der Waals surface area contributed by atoms with E-state index in [1.54, 1.807) is 39.1 Å². The summed E-state index contributed by atoms with van der Waals surface area (Å²) in [5, 5.41) is 9.80. The quantitative estimate of drug-likeness (QED) is 0.430. The van der Waals surface area contributed by atoms with E-state index < -0.39 is 11.8 Å². The number of ether oxygens (including phenoxy) is 2. The third kappa shape index (κ3) is 6.97. The van der Waals surface area contributed by atoms with Crippen LogP contribution >= 0.6 is 0 Å². The molecule has 0 aliphatic carbocycles. The number of carbonyl (C=O) groups is 2. The molecular weight excluding hydrogens is 479 g/mol. The van der Waals surface area contributed by atoms with Crippen molar-refractivity contribution in [2.24, 2.45) is 5.92 Å². The second kappa shape index (κ2) is 10.8. The number of hydrogen-bond acceptors (Lipinski definition) is 7. The maximum atomic E-state index is 13.4. The van der Waals surface area contributed by atoms with E-state index in [1.165, 1.54) is 29.3 Å². The molecule has 1 saturated heterocycles. The Morgan fingerprint density at radius 3 is 2.59 bits per heavy atom. The van der Waals surface area contributed by atoms with Gasteiger partial charge >= 0.3 is 6.16 Å². The van der Waals surface area contributed by atoms with E-state index in [0.29, 0.717) is 49.0 Å². The van der Waals surface area contributed by atoms with Crippen molar-refractivity contribution in [1.29, 1.82) is 0 Å². The number of carbonyl (C=O) groups excluding carboxylic acids is 2. The first kappa shape index (κ1) is 26.4. The lowest BCUT2D eigenvalue weighted by molar-refractivity contribution is -0.130. The molecule has 0 radical (unpaired) electrons. The van der Waals surface area contributed by atoms with Gasteiger partial charge in [0.1, 0.15) is 22.9 Å². The number of nitrogens with one attached hydrogen (secondary N) is 1. The Morgan fingerprint density at radius 2 is 1.92 bits per heavy atom. The zero-order chi connectivity index (χ0) is 26.7. The first-order valence-electron chi connectivity index (χ1n) is 12.4. The fourth-order valence-electron chi connectivity index (χ4n) is 4.05. The van der Waals surface area contributed by atoms with E-state index in [1.807, 2.05) is 4.68 Å². The largest absolute Gasteiger partial charge is 0.528 e. The third-order valence-electron chi connectivity index (χ3n) is 5.65. The van der Waals surface area contributed by atoms with Crippen LogP contribution in [0.15, 0.2) is 42.6 Å². The van der Waals surface area contributed by atoms with Crippen LogP contribution in [-0.2, 0) is 16.1 Å². The van der Waals surface area contributed by atoms with Crippen LogP contribution < -0.4 is 10.1 Å². The second-order valence-corrected chi connectivity index (χ2v) is 10.6. The lowest BCUT2D eigenvalue weighted by Gasteiger charge is -2.21. The van der Waals surface area contributed by atoms with E-state index in [4.69, 9.17) is 14.3 Å². The van der Waals surface area contributed by atoms with Crippen LogP contribution in [0.4, 0.5) is 9.18 Å². The SMILES string of the molecule is CC(C)Cn1ncc2cc(Oc3ccc(F)cc3)c(C(=O)NC3CCN(OC(=O)OC(C)(C)C)C3)cc21. The molecule has 10 heteroatoms. The molecule has 1 N–H and O–H groups in total. The fraction of sp³-hybridized carbons (Fsp3) is 0.444. The van der Waals surface area contributed by atoms with Crippen molar-refractivity contribution in [3.8, 4) is 11.5 Å². The highest BCUT2D eigenvalue weighted by Crippen LogP contribution is 2.31. The highest BCUT2D eigenvalue weighted by Gasteiger charge is 2.30. The van der Waals surface area contributed by atoms with Crippen LogP contribution in [0.3, 0.4) is 0 Å². The first-order chi connectivity index (χ1) is 17.5. The predicted molar refractivity (Wildman–Crippen MR) is 136 cm³/mol. The van der Waals surface area contributed by atoms with Gasteiger partial charge in [0, 0.05) is 24.5 Å². The average Bonchev–Trinajstić information content (AvgIpc) is 3.39. The third-order valence-corrected chi connectivity index (χ3v) is 5.65. The van der Waals surface area contributed by atoms with Crippen LogP contribution in [0.25, 0.3) is 10.9 Å². The summed E-state index contributed by atoms with van der Waals surface area (Å²) >= 11 is 0. The Hall–Kier alpha value is -3.66. The number of nitrogens with zero attached hydrogens (tertiary/aromatic N) is 3. The molecule has 37 heavy (non-hydrogen) atoms. The first-order valence-corrected chi connectivity index (χ1v) is 12.4. The van der Waals surface area contributed by atoms with Crippen molar-refractivity contribution in [2.45, 2.75) is 59.2 Å². The molecular formula is C27H33FN4O5. The minimum Gasteiger partial charge on any atom is -0.457 e. The molecule has 1 aliphatic heterocycles. The molecule has 198 valence electrons. The predicted octanol–water partition coefficient (Wildman–Crippen LogP) is 5.29. The van der Waals surface area contributed by atoms with Crippen molar-refractivity contribution in [2.75, 3.05) is 13.1 Å². The lowest BCUT2D eigenvalue weighted by atomic mass is 10.1. The van der Waals surface area contributed by atoms with Gasteiger partial charge in [0.15, 0.2) is 0 Å². The van der Waals surface area contributed by atoms with Gasteiger partial charge in [-0.2, -0.15) is 5.10 Å². The fourth-order valence-corrected chi connectivity index (χ4v) is 4.05. The van der Waals surface area contributed by atoms with Crippen molar-refractivity contribution >= 4 is 23.0 Å². The Bertz CT molecular complexity index is 1270. The van der Waals surface area contributed by atoms with Crippen molar-refractivity contribution in [3.63, 3.8) is 0 Å². The van der Waals surface area contributed by atoms with Gasteiger partial charge in [-0.25, -0.2) is 9.18 Å². The van der Waals surface area contributed by atoms with E-state index in [0.717, 1.165) is 10.9 Å². The number of fused-ring (bicyclic) bond motifs is 1.